The minimum atomic E-state index is -3.41. The number of nitrogens with zero attached hydrogens (tertiary/aromatic N) is 1. The van der Waals surface area contributed by atoms with Crippen molar-refractivity contribution in [3.05, 3.63) is 23.8 Å². The molecule has 1 aliphatic rings. The van der Waals surface area contributed by atoms with E-state index in [0.717, 1.165) is 24.3 Å². The zero-order valence-corrected chi connectivity index (χ0v) is 13.9. The maximum atomic E-state index is 12.6. The van der Waals surface area contributed by atoms with Crippen molar-refractivity contribution in [3.8, 4) is 0 Å². The number of carboxylic acid groups (broad SMARTS) is 1. The Labute approximate surface area is 131 Å². The molecule has 22 heavy (non-hydrogen) atoms. The van der Waals surface area contributed by atoms with Gasteiger partial charge >= 0.3 is 6.09 Å². The Bertz CT molecular complexity index is 664. The van der Waals surface area contributed by atoms with Crippen LogP contribution in [-0.2, 0) is 9.84 Å². The van der Waals surface area contributed by atoms with Gasteiger partial charge in [-0.05, 0) is 57.0 Å². The topological polar surface area (TPSA) is 86.7 Å². The Morgan fingerprint density at radius 3 is 2.59 bits per heavy atom. The van der Waals surface area contributed by atoms with E-state index in [1.54, 1.807) is 26.0 Å². The molecule has 0 saturated carbocycles. The summed E-state index contributed by atoms with van der Waals surface area (Å²) in [4.78, 5) is 12.5. The predicted molar refractivity (Wildman–Crippen MR) is 85.2 cm³/mol. The van der Waals surface area contributed by atoms with Crippen LogP contribution < -0.4 is 10.2 Å². The summed E-state index contributed by atoms with van der Waals surface area (Å²) in [6.07, 6.45) is 0.746. The van der Waals surface area contributed by atoms with Crippen LogP contribution in [0.25, 0.3) is 0 Å². The third kappa shape index (κ3) is 3.10. The average molecular weight is 326 g/mol. The highest BCUT2D eigenvalue weighted by Crippen LogP contribution is 2.33. The predicted octanol–water partition coefficient (Wildman–Crippen LogP) is 2.41. The summed E-state index contributed by atoms with van der Waals surface area (Å²) in [5.41, 5.74) is 1.13. The minimum absolute atomic E-state index is 0.0503. The van der Waals surface area contributed by atoms with E-state index in [1.165, 1.54) is 13.1 Å². The highest BCUT2D eigenvalue weighted by molar-refractivity contribution is 7.92. The molecule has 0 aromatic heterocycles. The summed E-state index contributed by atoms with van der Waals surface area (Å²) >= 11 is 0. The molecule has 2 N–H and O–H groups in total. The van der Waals surface area contributed by atoms with Crippen molar-refractivity contribution in [2.45, 2.75) is 42.9 Å². The number of nitrogens with one attached hydrogen (secondary N) is 1. The Kier molecular flexibility index (Phi) is 4.77. The summed E-state index contributed by atoms with van der Waals surface area (Å²) in [6.45, 7) is 4.14. The number of carbonyl (C=O) groups is 1. The molecule has 0 unspecified atom stereocenters. The van der Waals surface area contributed by atoms with Gasteiger partial charge < -0.3 is 10.4 Å². The highest BCUT2D eigenvalue weighted by Gasteiger charge is 2.28. The second-order valence-electron chi connectivity index (χ2n) is 5.81. The molecule has 122 valence electrons. The Balaban J connectivity index is 2.56. The summed E-state index contributed by atoms with van der Waals surface area (Å²) in [5.74, 6) is 0. The molecule has 1 saturated heterocycles. The van der Waals surface area contributed by atoms with Crippen LogP contribution in [0, 0.1) is 0 Å². The van der Waals surface area contributed by atoms with Gasteiger partial charge in [0.05, 0.1) is 10.1 Å². The molecule has 0 radical (unpaired) electrons. The van der Waals surface area contributed by atoms with Crippen LogP contribution in [-0.4, -0.2) is 38.5 Å². The molecular formula is C15H22N2O4S. The molecule has 1 amide bonds. The van der Waals surface area contributed by atoms with Crippen LogP contribution in [0.1, 0.15) is 38.3 Å². The van der Waals surface area contributed by atoms with Crippen LogP contribution >= 0.6 is 0 Å². The number of anilines is 1. The van der Waals surface area contributed by atoms with Crippen LogP contribution in [0.3, 0.4) is 0 Å². The number of hydrogen-bond acceptors (Lipinski definition) is 4. The lowest BCUT2D eigenvalue weighted by Crippen LogP contribution is -2.25. The van der Waals surface area contributed by atoms with Crippen LogP contribution in [0.4, 0.5) is 10.5 Å². The van der Waals surface area contributed by atoms with Gasteiger partial charge in [-0.15, -0.1) is 0 Å². The lowest BCUT2D eigenvalue weighted by Gasteiger charge is -2.21. The number of amides is 1. The summed E-state index contributed by atoms with van der Waals surface area (Å²) < 4.78 is 25.1. The molecule has 1 fully saturated rings. The molecule has 0 bridgehead atoms. The normalized spacial score (nSPS) is 18.6. The van der Waals surface area contributed by atoms with Crippen molar-refractivity contribution in [1.82, 2.24) is 5.32 Å². The van der Waals surface area contributed by atoms with Gasteiger partial charge in [0, 0.05) is 18.8 Å². The van der Waals surface area contributed by atoms with E-state index in [1.807, 2.05) is 0 Å². The molecule has 1 aromatic rings. The maximum Gasteiger partial charge on any atom is 0.411 e. The zero-order valence-electron chi connectivity index (χ0n) is 13.0. The molecule has 1 atom stereocenters. The lowest BCUT2D eigenvalue weighted by molar-refractivity contribution is 0.203. The van der Waals surface area contributed by atoms with Crippen LogP contribution in [0.15, 0.2) is 23.1 Å². The van der Waals surface area contributed by atoms with Crippen molar-refractivity contribution < 1.29 is 18.3 Å². The number of rotatable bonds is 4. The van der Waals surface area contributed by atoms with Crippen molar-refractivity contribution in [1.29, 1.82) is 0 Å². The molecule has 1 aliphatic heterocycles. The second kappa shape index (κ2) is 6.26. The second-order valence-corrected chi connectivity index (χ2v) is 8.28. The van der Waals surface area contributed by atoms with Crippen molar-refractivity contribution in [2.75, 3.05) is 18.5 Å². The van der Waals surface area contributed by atoms with Gasteiger partial charge in [-0.2, -0.15) is 0 Å². The minimum Gasteiger partial charge on any atom is -0.465 e. The van der Waals surface area contributed by atoms with E-state index in [2.05, 4.69) is 5.32 Å². The van der Waals surface area contributed by atoms with Gasteiger partial charge in [-0.1, -0.05) is 0 Å². The molecule has 0 aliphatic carbocycles. The van der Waals surface area contributed by atoms with Gasteiger partial charge in [-0.3, -0.25) is 4.90 Å². The van der Waals surface area contributed by atoms with E-state index in [9.17, 15) is 13.2 Å². The first-order valence-electron chi connectivity index (χ1n) is 7.33. The van der Waals surface area contributed by atoms with Crippen molar-refractivity contribution in [2.24, 2.45) is 0 Å². The fraction of sp³-hybridized carbons (Fsp3) is 0.533. The standard InChI is InChI=1S/C15H22N2O4S/c1-10(2)22(20,21)14-7-6-11(17(3)15(18)19)9-12(14)13-5-4-8-16-13/h6-7,9-10,13,16H,4-5,8H2,1-3H3,(H,18,19)/t13-/m0/s1. The molecule has 2 rings (SSSR count). The highest BCUT2D eigenvalue weighted by atomic mass is 32.2. The van der Waals surface area contributed by atoms with Crippen LogP contribution in [0.2, 0.25) is 0 Å². The van der Waals surface area contributed by atoms with Crippen molar-refractivity contribution in [3.63, 3.8) is 0 Å². The van der Waals surface area contributed by atoms with E-state index in [-0.39, 0.29) is 6.04 Å². The largest absolute Gasteiger partial charge is 0.465 e. The van der Waals surface area contributed by atoms with E-state index in [0.29, 0.717) is 16.1 Å². The SMILES string of the molecule is CC(C)S(=O)(=O)c1ccc(N(C)C(=O)O)cc1[C@@H]1CCCN1. The van der Waals surface area contributed by atoms with Crippen LogP contribution in [0.5, 0.6) is 0 Å². The third-order valence-electron chi connectivity index (χ3n) is 4.03. The first kappa shape index (κ1) is 16.8. The molecule has 0 spiro atoms. The number of hydrogen-bond donors (Lipinski definition) is 2. The quantitative estimate of drug-likeness (QED) is 0.887. The zero-order chi connectivity index (χ0) is 16.5. The smallest absolute Gasteiger partial charge is 0.411 e. The molecule has 1 heterocycles. The molecule has 6 nitrogen and oxygen atoms in total. The van der Waals surface area contributed by atoms with Gasteiger partial charge in [0.15, 0.2) is 9.84 Å². The van der Waals surface area contributed by atoms with E-state index < -0.39 is 21.2 Å². The average Bonchev–Trinajstić information content (AvgIpc) is 2.99. The van der Waals surface area contributed by atoms with E-state index >= 15 is 0 Å². The lowest BCUT2D eigenvalue weighted by atomic mass is 10.0. The van der Waals surface area contributed by atoms with Gasteiger partial charge in [-0.25, -0.2) is 13.2 Å². The van der Waals surface area contributed by atoms with E-state index in [4.69, 9.17) is 5.11 Å². The van der Waals surface area contributed by atoms with Gasteiger partial charge in [0.2, 0.25) is 0 Å². The third-order valence-corrected chi connectivity index (χ3v) is 6.26. The Hall–Kier alpha value is -1.60. The molecule has 7 heteroatoms. The Morgan fingerprint density at radius 2 is 2.09 bits per heavy atom. The number of sulfone groups is 1. The maximum absolute atomic E-state index is 12.6. The monoisotopic (exact) mass is 326 g/mol. The van der Waals surface area contributed by atoms with Gasteiger partial charge in [0.1, 0.15) is 0 Å². The molecule has 1 aromatic carbocycles. The van der Waals surface area contributed by atoms with Crippen molar-refractivity contribution >= 4 is 21.6 Å². The molecular weight excluding hydrogens is 304 g/mol. The fourth-order valence-corrected chi connectivity index (χ4v) is 3.89. The Morgan fingerprint density at radius 1 is 1.41 bits per heavy atom. The summed E-state index contributed by atoms with van der Waals surface area (Å²) in [7, 11) is -1.97. The first-order chi connectivity index (χ1) is 10.2. The first-order valence-corrected chi connectivity index (χ1v) is 8.87. The number of benzene rings is 1. The summed E-state index contributed by atoms with van der Waals surface area (Å²) in [5, 5.41) is 11.9. The fourth-order valence-electron chi connectivity index (χ4n) is 2.59. The summed E-state index contributed by atoms with van der Waals surface area (Å²) in [6, 6.07) is 4.69. The van der Waals surface area contributed by atoms with Gasteiger partial charge in [0.25, 0.3) is 0 Å².